The molecule has 0 radical (unpaired) electrons. The summed E-state index contributed by atoms with van der Waals surface area (Å²) in [6.07, 6.45) is 4.36. The van der Waals surface area contributed by atoms with Crippen LogP contribution in [0.5, 0.6) is 0 Å². The van der Waals surface area contributed by atoms with Crippen molar-refractivity contribution < 1.29 is 0 Å². The van der Waals surface area contributed by atoms with E-state index in [-0.39, 0.29) is 0 Å². The smallest absolute Gasteiger partial charge is 0.142 e. The van der Waals surface area contributed by atoms with Gasteiger partial charge in [0.15, 0.2) is 0 Å². The van der Waals surface area contributed by atoms with Crippen LogP contribution >= 0.6 is 11.5 Å². The first-order chi connectivity index (χ1) is 8.15. The third-order valence-corrected chi connectivity index (χ3v) is 3.42. The Morgan fingerprint density at radius 1 is 1.29 bits per heavy atom. The molecular formula is C13H25N3S. The van der Waals surface area contributed by atoms with Gasteiger partial charge in [0.1, 0.15) is 10.8 Å². The highest BCUT2D eigenvalue weighted by molar-refractivity contribution is 7.05. The molecule has 0 spiro atoms. The van der Waals surface area contributed by atoms with Gasteiger partial charge >= 0.3 is 0 Å². The molecule has 0 aliphatic carbocycles. The first-order valence-corrected chi connectivity index (χ1v) is 7.47. The second-order valence-electron chi connectivity index (χ2n) is 4.94. The van der Waals surface area contributed by atoms with Crippen LogP contribution in [-0.4, -0.2) is 21.9 Å². The predicted octanol–water partition coefficient (Wildman–Crippen LogP) is 3.06. The van der Waals surface area contributed by atoms with Crippen LogP contribution in [-0.2, 0) is 12.8 Å². The van der Waals surface area contributed by atoms with Crippen molar-refractivity contribution in [2.45, 2.75) is 59.4 Å². The van der Waals surface area contributed by atoms with Crippen molar-refractivity contribution in [3.05, 3.63) is 10.8 Å². The molecule has 0 saturated heterocycles. The Hall–Kier alpha value is -0.480. The fourth-order valence-corrected chi connectivity index (χ4v) is 2.77. The largest absolute Gasteiger partial charge is 0.314 e. The highest BCUT2D eigenvalue weighted by Crippen LogP contribution is 2.13. The minimum atomic E-state index is 0.544. The van der Waals surface area contributed by atoms with Crippen molar-refractivity contribution in [3.63, 3.8) is 0 Å². The van der Waals surface area contributed by atoms with E-state index in [9.17, 15) is 0 Å². The molecule has 1 N–H and O–H groups in total. The average Bonchev–Trinajstić information content (AvgIpc) is 2.65. The lowest BCUT2D eigenvalue weighted by atomic mass is 10.0. The van der Waals surface area contributed by atoms with Gasteiger partial charge in [-0.15, -0.1) is 0 Å². The summed E-state index contributed by atoms with van der Waals surface area (Å²) in [7, 11) is 0. The molecule has 3 nitrogen and oxygen atoms in total. The Kier molecular flexibility index (Phi) is 6.66. The van der Waals surface area contributed by atoms with Crippen LogP contribution in [0.1, 0.15) is 51.4 Å². The van der Waals surface area contributed by atoms with Gasteiger partial charge in [-0.2, -0.15) is 4.37 Å². The van der Waals surface area contributed by atoms with Gasteiger partial charge in [0.05, 0.1) is 0 Å². The average molecular weight is 255 g/mol. The van der Waals surface area contributed by atoms with Gasteiger partial charge in [0, 0.05) is 18.9 Å². The van der Waals surface area contributed by atoms with Crippen LogP contribution < -0.4 is 5.32 Å². The Balaban J connectivity index is 2.52. The number of nitrogens with one attached hydrogen (secondary N) is 1. The molecule has 1 heterocycles. The van der Waals surface area contributed by atoms with Crippen LogP contribution in [0.3, 0.4) is 0 Å². The number of hydrogen-bond donors (Lipinski definition) is 1. The zero-order chi connectivity index (χ0) is 12.7. The SMILES string of the molecule is CCCc1nsc(CC(CC(C)C)NCC)n1. The number of aromatic nitrogens is 2. The molecule has 0 fully saturated rings. The summed E-state index contributed by atoms with van der Waals surface area (Å²) < 4.78 is 4.40. The van der Waals surface area contributed by atoms with Gasteiger partial charge in [0.2, 0.25) is 0 Å². The van der Waals surface area contributed by atoms with Crippen molar-refractivity contribution in [3.8, 4) is 0 Å². The monoisotopic (exact) mass is 255 g/mol. The molecule has 17 heavy (non-hydrogen) atoms. The van der Waals surface area contributed by atoms with Crippen LogP contribution in [0.25, 0.3) is 0 Å². The van der Waals surface area contributed by atoms with Gasteiger partial charge in [-0.3, -0.25) is 0 Å². The van der Waals surface area contributed by atoms with Crippen molar-refractivity contribution in [1.29, 1.82) is 0 Å². The normalized spacial score (nSPS) is 13.2. The molecule has 0 amide bonds. The highest BCUT2D eigenvalue weighted by atomic mass is 32.1. The van der Waals surface area contributed by atoms with E-state index in [1.165, 1.54) is 11.4 Å². The first-order valence-electron chi connectivity index (χ1n) is 6.70. The zero-order valence-corrected chi connectivity index (χ0v) is 12.3. The fraction of sp³-hybridized carbons (Fsp3) is 0.846. The lowest BCUT2D eigenvalue weighted by Gasteiger charge is -2.18. The highest BCUT2D eigenvalue weighted by Gasteiger charge is 2.13. The Labute approximate surface area is 109 Å². The van der Waals surface area contributed by atoms with Crippen LogP contribution in [0.4, 0.5) is 0 Å². The number of likely N-dealkylation sites (N-methyl/N-ethyl adjacent to an activating group) is 1. The Bertz CT molecular complexity index is 309. The van der Waals surface area contributed by atoms with E-state index < -0.39 is 0 Å². The third kappa shape index (κ3) is 5.59. The standard InChI is InChI=1S/C13H25N3S/c1-5-7-12-15-13(17-16-12)9-11(14-6-2)8-10(3)4/h10-11,14H,5-9H2,1-4H3. The second-order valence-corrected chi connectivity index (χ2v) is 5.78. The zero-order valence-electron chi connectivity index (χ0n) is 11.5. The van der Waals surface area contributed by atoms with E-state index in [1.807, 2.05) is 0 Å². The summed E-state index contributed by atoms with van der Waals surface area (Å²) in [6.45, 7) is 9.90. The molecule has 1 aromatic heterocycles. The van der Waals surface area contributed by atoms with E-state index in [2.05, 4.69) is 42.4 Å². The van der Waals surface area contributed by atoms with E-state index in [1.54, 1.807) is 11.5 Å². The maximum absolute atomic E-state index is 4.60. The van der Waals surface area contributed by atoms with Gasteiger partial charge in [0.25, 0.3) is 0 Å². The molecule has 4 heteroatoms. The topological polar surface area (TPSA) is 37.8 Å². The predicted molar refractivity (Wildman–Crippen MR) is 74.5 cm³/mol. The van der Waals surface area contributed by atoms with Gasteiger partial charge in [-0.05, 0) is 36.8 Å². The summed E-state index contributed by atoms with van der Waals surface area (Å²) in [5.41, 5.74) is 0. The molecule has 1 rings (SSSR count). The van der Waals surface area contributed by atoms with Crippen molar-refractivity contribution in [2.24, 2.45) is 5.92 Å². The van der Waals surface area contributed by atoms with Gasteiger partial charge < -0.3 is 5.32 Å². The minimum Gasteiger partial charge on any atom is -0.314 e. The molecule has 0 aliphatic rings. The van der Waals surface area contributed by atoms with Crippen molar-refractivity contribution in [1.82, 2.24) is 14.7 Å². The maximum Gasteiger partial charge on any atom is 0.142 e. The van der Waals surface area contributed by atoms with E-state index in [0.29, 0.717) is 6.04 Å². The Morgan fingerprint density at radius 2 is 2.06 bits per heavy atom. The van der Waals surface area contributed by atoms with Gasteiger partial charge in [-0.1, -0.05) is 27.7 Å². The molecule has 0 bridgehead atoms. The van der Waals surface area contributed by atoms with E-state index >= 15 is 0 Å². The lowest BCUT2D eigenvalue weighted by Crippen LogP contribution is -2.32. The molecule has 0 aliphatic heterocycles. The maximum atomic E-state index is 4.60. The third-order valence-electron chi connectivity index (χ3n) is 2.65. The number of aryl methyl sites for hydroxylation is 1. The van der Waals surface area contributed by atoms with Gasteiger partial charge in [-0.25, -0.2) is 4.98 Å². The summed E-state index contributed by atoms with van der Waals surface area (Å²) in [6, 6.07) is 0.544. The molecular weight excluding hydrogens is 230 g/mol. The van der Waals surface area contributed by atoms with Crippen LogP contribution in [0.2, 0.25) is 0 Å². The number of rotatable bonds is 8. The van der Waals surface area contributed by atoms with Crippen molar-refractivity contribution >= 4 is 11.5 Å². The minimum absolute atomic E-state index is 0.544. The molecule has 98 valence electrons. The summed E-state index contributed by atoms with van der Waals surface area (Å²) in [5, 5.41) is 4.72. The fourth-order valence-electron chi connectivity index (χ4n) is 2.01. The van der Waals surface area contributed by atoms with E-state index in [0.717, 1.165) is 37.5 Å². The summed E-state index contributed by atoms with van der Waals surface area (Å²) in [5.74, 6) is 1.74. The van der Waals surface area contributed by atoms with Crippen LogP contribution in [0, 0.1) is 5.92 Å². The number of hydrogen-bond acceptors (Lipinski definition) is 4. The molecule has 1 unspecified atom stereocenters. The second kappa shape index (κ2) is 7.77. The molecule has 0 saturated carbocycles. The first kappa shape index (κ1) is 14.6. The van der Waals surface area contributed by atoms with Crippen molar-refractivity contribution in [2.75, 3.05) is 6.54 Å². The quantitative estimate of drug-likeness (QED) is 0.776. The molecule has 1 atom stereocenters. The molecule has 1 aromatic rings. The summed E-state index contributed by atoms with van der Waals surface area (Å²) >= 11 is 1.57. The lowest BCUT2D eigenvalue weighted by molar-refractivity contribution is 0.423. The van der Waals surface area contributed by atoms with Crippen LogP contribution in [0.15, 0.2) is 0 Å². The Morgan fingerprint density at radius 3 is 2.65 bits per heavy atom. The summed E-state index contributed by atoms with van der Waals surface area (Å²) in [4.78, 5) is 4.60. The molecule has 0 aromatic carbocycles. The van der Waals surface area contributed by atoms with E-state index in [4.69, 9.17) is 0 Å². The number of nitrogens with zero attached hydrogens (tertiary/aromatic N) is 2.